The molecule has 0 amide bonds. The number of fused-ring (bicyclic) bond motifs is 1. The molecule has 2 heterocycles. The van der Waals surface area contributed by atoms with Gasteiger partial charge in [-0.05, 0) is 36.7 Å². The largest absolute Gasteiger partial charge is 0.253 e. The highest BCUT2D eigenvalue weighted by Crippen LogP contribution is 2.25. The molecular formula is C14H9ClFN3. The van der Waals surface area contributed by atoms with Gasteiger partial charge in [0.2, 0.25) is 5.28 Å². The van der Waals surface area contributed by atoms with Gasteiger partial charge >= 0.3 is 0 Å². The molecule has 0 unspecified atom stereocenters. The predicted molar refractivity (Wildman–Crippen MR) is 72.5 cm³/mol. The fourth-order valence-electron chi connectivity index (χ4n) is 1.92. The van der Waals surface area contributed by atoms with Crippen molar-refractivity contribution in [3.8, 4) is 11.3 Å². The van der Waals surface area contributed by atoms with Gasteiger partial charge in [-0.3, -0.25) is 4.98 Å². The predicted octanol–water partition coefficient (Wildman–Crippen LogP) is 3.79. The lowest BCUT2D eigenvalue weighted by Crippen LogP contribution is -1.93. The first-order valence-electron chi connectivity index (χ1n) is 5.69. The molecule has 0 N–H and O–H groups in total. The molecule has 94 valence electrons. The van der Waals surface area contributed by atoms with Crippen molar-refractivity contribution in [3.05, 3.63) is 53.3 Å². The van der Waals surface area contributed by atoms with Crippen LogP contribution in [0.5, 0.6) is 0 Å². The van der Waals surface area contributed by atoms with Gasteiger partial charge in [0.05, 0.1) is 11.7 Å². The van der Waals surface area contributed by atoms with Crippen LogP contribution >= 0.6 is 11.6 Å². The Kier molecular flexibility index (Phi) is 2.87. The van der Waals surface area contributed by atoms with E-state index in [-0.39, 0.29) is 11.0 Å². The van der Waals surface area contributed by atoms with Crippen molar-refractivity contribution >= 4 is 22.5 Å². The van der Waals surface area contributed by atoms with Gasteiger partial charge in [0.25, 0.3) is 0 Å². The summed E-state index contributed by atoms with van der Waals surface area (Å²) < 4.78 is 13.7. The molecule has 0 radical (unpaired) electrons. The number of rotatable bonds is 1. The van der Waals surface area contributed by atoms with Gasteiger partial charge < -0.3 is 0 Å². The summed E-state index contributed by atoms with van der Waals surface area (Å²) in [6.45, 7) is 1.93. The van der Waals surface area contributed by atoms with Crippen LogP contribution in [0.25, 0.3) is 22.2 Å². The summed E-state index contributed by atoms with van der Waals surface area (Å²) in [5, 5.41) is 0.954. The second-order valence-corrected chi connectivity index (χ2v) is 4.53. The van der Waals surface area contributed by atoms with Crippen molar-refractivity contribution in [1.82, 2.24) is 15.0 Å². The lowest BCUT2D eigenvalue weighted by atomic mass is 10.1. The zero-order valence-corrected chi connectivity index (χ0v) is 10.8. The van der Waals surface area contributed by atoms with Gasteiger partial charge in [-0.1, -0.05) is 12.1 Å². The van der Waals surface area contributed by atoms with Crippen LogP contribution in [0.1, 0.15) is 5.69 Å². The Hall–Kier alpha value is -2.07. The van der Waals surface area contributed by atoms with Gasteiger partial charge in [0, 0.05) is 16.6 Å². The molecular weight excluding hydrogens is 265 g/mol. The van der Waals surface area contributed by atoms with E-state index < -0.39 is 5.82 Å². The van der Waals surface area contributed by atoms with E-state index in [2.05, 4.69) is 15.0 Å². The van der Waals surface area contributed by atoms with Crippen molar-refractivity contribution in [1.29, 1.82) is 0 Å². The number of hydrogen-bond donors (Lipinski definition) is 0. The van der Waals surface area contributed by atoms with Crippen molar-refractivity contribution in [2.45, 2.75) is 6.92 Å². The van der Waals surface area contributed by atoms with Crippen LogP contribution in [0.3, 0.4) is 0 Å². The second-order valence-electron chi connectivity index (χ2n) is 4.20. The highest BCUT2D eigenvalue weighted by molar-refractivity contribution is 6.28. The van der Waals surface area contributed by atoms with Crippen molar-refractivity contribution in [3.63, 3.8) is 0 Å². The summed E-state index contributed by atoms with van der Waals surface area (Å²) >= 11 is 5.70. The van der Waals surface area contributed by atoms with E-state index in [9.17, 15) is 4.39 Å². The summed E-state index contributed by atoms with van der Waals surface area (Å²) in [5.74, 6) is -0.496. The number of benzene rings is 1. The molecule has 3 rings (SSSR count). The van der Waals surface area contributed by atoms with E-state index in [1.165, 1.54) is 0 Å². The van der Waals surface area contributed by atoms with Gasteiger partial charge in [-0.2, -0.15) is 0 Å². The van der Waals surface area contributed by atoms with Crippen LogP contribution in [0, 0.1) is 12.7 Å². The standard InChI is InChI=1S/C14H9ClFN3/c1-8-2-3-9-6-10(4-5-12(9)18-8)13-11(16)7-17-14(15)19-13/h2-7H,1H3. The lowest BCUT2D eigenvalue weighted by molar-refractivity contribution is 0.618. The maximum atomic E-state index is 13.7. The smallest absolute Gasteiger partial charge is 0.223 e. The van der Waals surface area contributed by atoms with Crippen LogP contribution in [-0.2, 0) is 0 Å². The summed E-state index contributed by atoms with van der Waals surface area (Å²) in [6.07, 6.45) is 1.07. The minimum absolute atomic E-state index is 0.0264. The van der Waals surface area contributed by atoms with Crippen molar-refractivity contribution in [2.75, 3.05) is 0 Å². The number of aromatic nitrogens is 3. The summed E-state index contributed by atoms with van der Waals surface area (Å²) in [4.78, 5) is 11.9. The van der Waals surface area contributed by atoms with Crippen LogP contribution in [0.2, 0.25) is 5.28 Å². The molecule has 0 atom stereocenters. The molecule has 3 nitrogen and oxygen atoms in total. The Morgan fingerprint density at radius 3 is 2.79 bits per heavy atom. The van der Waals surface area contributed by atoms with E-state index in [0.29, 0.717) is 5.56 Å². The maximum Gasteiger partial charge on any atom is 0.223 e. The van der Waals surface area contributed by atoms with Gasteiger partial charge in [0.15, 0.2) is 5.82 Å². The topological polar surface area (TPSA) is 38.7 Å². The van der Waals surface area contributed by atoms with E-state index >= 15 is 0 Å². The number of halogens is 2. The molecule has 1 aromatic carbocycles. The van der Waals surface area contributed by atoms with Crippen molar-refractivity contribution < 1.29 is 4.39 Å². The molecule has 2 aromatic heterocycles. The average molecular weight is 274 g/mol. The molecule has 0 aliphatic carbocycles. The molecule has 0 aliphatic heterocycles. The van der Waals surface area contributed by atoms with Gasteiger partial charge in [-0.15, -0.1) is 0 Å². The molecule has 5 heteroatoms. The van der Waals surface area contributed by atoms with Crippen LogP contribution < -0.4 is 0 Å². The maximum absolute atomic E-state index is 13.7. The van der Waals surface area contributed by atoms with Crippen LogP contribution in [0.15, 0.2) is 36.5 Å². The zero-order chi connectivity index (χ0) is 13.4. The SMILES string of the molecule is Cc1ccc2cc(-c3nc(Cl)ncc3F)ccc2n1. The lowest BCUT2D eigenvalue weighted by Gasteiger charge is -2.05. The zero-order valence-electron chi connectivity index (χ0n) is 10.1. The fourth-order valence-corrected chi connectivity index (χ4v) is 2.06. The molecule has 3 aromatic rings. The number of nitrogens with zero attached hydrogens (tertiary/aromatic N) is 3. The summed E-state index contributed by atoms with van der Waals surface area (Å²) in [7, 11) is 0. The molecule has 0 saturated heterocycles. The number of hydrogen-bond acceptors (Lipinski definition) is 3. The highest BCUT2D eigenvalue weighted by atomic mass is 35.5. The third-order valence-corrected chi connectivity index (χ3v) is 3.00. The Morgan fingerprint density at radius 1 is 1.11 bits per heavy atom. The number of pyridine rings is 1. The van der Waals surface area contributed by atoms with Gasteiger partial charge in [0.1, 0.15) is 5.69 Å². The van der Waals surface area contributed by atoms with E-state index in [4.69, 9.17) is 11.6 Å². The van der Waals surface area contributed by atoms with Crippen molar-refractivity contribution in [2.24, 2.45) is 0 Å². The molecule has 0 saturated carbocycles. The third-order valence-electron chi connectivity index (χ3n) is 2.82. The Labute approximate surface area is 114 Å². The second kappa shape index (κ2) is 4.55. The molecule has 0 spiro atoms. The Morgan fingerprint density at radius 2 is 1.95 bits per heavy atom. The molecule has 0 bridgehead atoms. The normalized spacial score (nSPS) is 10.9. The van der Waals surface area contributed by atoms with Gasteiger partial charge in [-0.25, -0.2) is 14.4 Å². The molecule has 0 aliphatic rings. The fraction of sp³-hybridized carbons (Fsp3) is 0.0714. The summed E-state index contributed by atoms with van der Waals surface area (Å²) in [6, 6.07) is 9.31. The third kappa shape index (κ3) is 2.27. The number of aryl methyl sites for hydroxylation is 1. The van der Waals surface area contributed by atoms with Crippen LogP contribution in [-0.4, -0.2) is 15.0 Å². The van der Waals surface area contributed by atoms with E-state index in [1.807, 2.05) is 31.2 Å². The quantitative estimate of drug-likeness (QED) is 0.633. The van der Waals surface area contributed by atoms with E-state index in [1.54, 1.807) is 6.07 Å². The monoisotopic (exact) mass is 273 g/mol. The minimum atomic E-state index is -0.496. The molecule has 19 heavy (non-hydrogen) atoms. The average Bonchev–Trinajstić information content (AvgIpc) is 2.41. The minimum Gasteiger partial charge on any atom is -0.253 e. The Balaban J connectivity index is 2.20. The van der Waals surface area contributed by atoms with Crippen LogP contribution in [0.4, 0.5) is 4.39 Å². The first-order valence-corrected chi connectivity index (χ1v) is 6.07. The Bertz CT molecular complexity index is 774. The highest BCUT2D eigenvalue weighted by Gasteiger charge is 2.09. The first kappa shape index (κ1) is 12.0. The van der Waals surface area contributed by atoms with E-state index in [0.717, 1.165) is 22.8 Å². The molecule has 0 fully saturated rings. The summed E-state index contributed by atoms with van der Waals surface area (Å²) in [5.41, 5.74) is 2.66. The first-order chi connectivity index (χ1) is 9.13.